The van der Waals surface area contributed by atoms with Gasteiger partial charge in [0.2, 0.25) is 0 Å². The molecule has 0 fully saturated rings. The zero-order chi connectivity index (χ0) is 36.4. The quantitative estimate of drug-likeness (QED) is 0.0231. The van der Waals surface area contributed by atoms with Crippen LogP contribution >= 0.6 is 0 Å². The van der Waals surface area contributed by atoms with Gasteiger partial charge < -0.3 is 28.6 Å². The Morgan fingerprint density at radius 2 is 1.16 bits per heavy atom. The standard InChI is InChI=1S/C41H69NO7/c1-6-8-10-12-14-16-18-20-22-24-26-28-30-32-40(44)49-37(35-47-34-33-38(41(45)46)42(3,4)5)36-48-39(43)31-29-27-25-23-21-19-17-15-13-11-9-7-2/h8,10,12,14-18,20,22,37-38H,6-7,9,11,13,19,21,23-36H2,1-5H3/b10-8+,14-12+,17-15+,18-16+,22-20+. The molecule has 0 aliphatic rings. The third kappa shape index (κ3) is 30.8. The van der Waals surface area contributed by atoms with Crippen LogP contribution in [0.15, 0.2) is 60.8 Å². The predicted molar refractivity (Wildman–Crippen MR) is 199 cm³/mol. The van der Waals surface area contributed by atoms with Crippen molar-refractivity contribution in [3.8, 4) is 0 Å². The number of nitrogens with zero attached hydrogens (tertiary/aromatic N) is 1. The number of allylic oxidation sites excluding steroid dienone is 10. The highest BCUT2D eigenvalue weighted by Gasteiger charge is 2.25. The van der Waals surface area contributed by atoms with Crippen LogP contribution in [0, 0.1) is 0 Å². The van der Waals surface area contributed by atoms with Gasteiger partial charge in [0.05, 0.1) is 40.3 Å². The molecule has 2 atom stereocenters. The number of hydrogen-bond acceptors (Lipinski definition) is 7. The van der Waals surface area contributed by atoms with Gasteiger partial charge in [0.25, 0.3) is 0 Å². The number of carboxylic acids is 1. The molecule has 0 aromatic heterocycles. The summed E-state index contributed by atoms with van der Waals surface area (Å²) in [5, 5.41) is 11.6. The summed E-state index contributed by atoms with van der Waals surface area (Å²) < 4.78 is 17.0. The average molecular weight is 688 g/mol. The van der Waals surface area contributed by atoms with Crippen LogP contribution in [0.4, 0.5) is 0 Å². The van der Waals surface area contributed by atoms with Crippen molar-refractivity contribution in [2.24, 2.45) is 0 Å². The van der Waals surface area contributed by atoms with E-state index in [2.05, 4.69) is 38.2 Å². The Balaban J connectivity index is 4.54. The molecule has 0 N–H and O–H groups in total. The first-order valence-corrected chi connectivity index (χ1v) is 18.9. The second-order valence-corrected chi connectivity index (χ2v) is 13.5. The highest BCUT2D eigenvalue weighted by atomic mass is 16.6. The van der Waals surface area contributed by atoms with Crippen molar-refractivity contribution in [1.82, 2.24) is 0 Å². The fourth-order valence-corrected chi connectivity index (χ4v) is 5.01. The van der Waals surface area contributed by atoms with Crippen LogP contribution in [-0.4, -0.2) is 75.5 Å². The Hall–Kier alpha value is -2.97. The Bertz CT molecular complexity index is 990. The third-order valence-corrected chi connectivity index (χ3v) is 7.98. The van der Waals surface area contributed by atoms with Gasteiger partial charge >= 0.3 is 11.9 Å². The summed E-state index contributed by atoms with van der Waals surface area (Å²) in [5.74, 6) is -1.81. The van der Waals surface area contributed by atoms with Gasteiger partial charge in [-0.1, -0.05) is 113 Å². The lowest BCUT2D eigenvalue weighted by atomic mass is 10.1. The van der Waals surface area contributed by atoms with Crippen molar-refractivity contribution < 1.29 is 38.2 Å². The molecule has 0 heterocycles. The van der Waals surface area contributed by atoms with E-state index in [1.165, 1.54) is 32.1 Å². The molecule has 2 unspecified atom stereocenters. The molecule has 8 nitrogen and oxygen atoms in total. The van der Waals surface area contributed by atoms with Gasteiger partial charge in [0.15, 0.2) is 6.10 Å². The van der Waals surface area contributed by atoms with Crippen molar-refractivity contribution in [3.05, 3.63) is 60.8 Å². The molecule has 0 rings (SSSR count). The number of rotatable bonds is 32. The van der Waals surface area contributed by atoms with Crippen LogP contribution < -0.4 is 5.11 Å². The van der Waals surface area contributed by atoms with E-state index in [0.717, 1.165) is 57.8 Å². The van der Waals surface area contributed by atoms with E-state index in [4.69, 9.17) is 14.2 Å². The molecule has 0 aromatic rings. The van der Waals surface area contributed by atoms with Crippen molar-refractivity contribution in [1.29, 1.82) is 0 Å². The molecule has 0 aliphatic carbocycles. The average Bonchev–Trinajstić information content (AvgIpc) is 3.05. The van der Waals surface area contributed by atoms with E-state index in [1.807, 2.05) is 36.5 Å². The molecule has 0 spiro atoms. The summed E-state index contributed by atoms with van der Waals surface area (Å²) in [6.07, 6.45) is 36.7. The Labute approximate surface area is 298 Å². The molecule has 0 aliphatic heterocycles. The highest BCUT2D eigenvalue weighted by Crippen LogP contribution is 2.12. The summed E-state index contributed by atoms with van der Waals surface area (Å²) in [6, 6.07) is -0.735. The van der Waals surface area contributed by atoms with Crippen molar-refractivity contribution in [2.75, 3.05) is 41.0 Å². The van der Waals surface area contributed by atoms with Gasteiger partial charge in [-0.3, -0.25) is 9.59 Å². The number of likely N-dealkylation sites (N-methyl/N-ethyl adjacent to an activating group) is 1. The lowest BCUT2D eigenvalue weighted by Crippen LogP contribution is -2.55. The minimum absolute atomic E-state index is 0.0192. The first-order valence-electron chi connectivity index (χ1n) is 18.9. The number of carbonyl (C=O) groups is 3. The molecule has 0 aromatic carbocycles. The van der Waals surface area contributed by atoms with Crippen LogP contribution in [-0.2, 0) is 28.6 Å². The van der Waals surface area contributed by atoms with Gasteiger partial charge in [0, 0.05) is 19.3 Å². The lowest BCUT2D eigenvalue weighted by molar-refractivity contribution is -0.889. The number of unbranched alkanes of at least 4 members (excludes halogenated alkanes) is 11. The summed E-state index contributed by atoms with van der Waals surface area (Å²) in [5.41, 5.74) is 0. The van der Waals surface area contributed by atoms with Gasteiger partial charge in [-0.15, -0.1) is 0 Å². The van der Waals surface area contributed by atoms with Gasteiger partial charge in [-0.25, -0.2) is 0 Å². The molecule has 0 amide bonds. The number of aliphatic carboxylic acids is 1. The molecule has 0 radical (unpaired) electrons. The number of esters is 2. The van der Waals surface area contributed by atoms with E-state index < -0.39 is 18.1 Å². The Morgan fingerprint density at radius 3 is 1.78 bits per heavy atom. The van der Waals surface area contributed by atoms with E-state index in [1.54, 1.807) is 21.1 Å². The van der Waals surface area contributed by atoms with E-state index >= 15 is 0 Å². The maximum atomic E-state index is 12.6. The summed E-state index contributed by atoms with van der Waals surface area (Å²) in [6.45, 7) is 4.41. The lowest BCUT2D eigenvalue weighted by Gasteiger charge is -2.34. The van der Waals surface area contributed by atoms with Gasteiger partial charge in [-0.05, 0) is 57.8 Å². The monoisotopic (exact) mass is 688 g/mol. The molecular weight excluding hydrogens is 618 g/mol. The summed E-state index contributed by atoms with van der Waals surface area (Å²) in [4.78, 5) is 36.6. The SMILES string of the molecule is CC/C=C/C=C/C=C/C=C/CCCCCC(=O)OC(COCCC(C(=O)[O-])[N+](C)(C)C)COC(=O)CCCCCCC/C=C/CCCCC. The van der Waals surface area contributed by atoms with Crippen LogP contribution in [0.1, 0.15) is 129 Å². The molecule has 0 saturated heterocycles. The van der Waals surface area contributed by atoms with Crippen molar-refractivity contribution >= 4 is 17.9 Å². The van der Waals surface area contributed by atoms with Crippen LogP contribution in [0.25, 0.3) is 0 Å². The van der Waals surface area contributed by atoms with E-state index in [9.17, 15) is 19.5 Å². The Kier molecular flexibility index (Phi) is 30.3. The molecule has 0 saturated carbocycles. The zero-order valence-electron chi connectivity index (χ0n) is 31.6. The predicted octanol–water partition coefficient (Wildman–Crippen LogP) is 8.13. The van der Waals surface area contributed by atoms with Gasteiger partial charge in [0.1, 0.15) is 12.6 Å². The second kappa shape index (κ2) is 32.2. The van der Waals surface area contributed by atoms with Crippen molar-refractivity contribution in [2.45, 2.75) is 142 Å². The zero-order valence-corrected chi connectivity index (χ0v) is 31.6. The minimum Gasteiger partial charge on any atom is -0.544 e. The number of carboxylic acid groups (broad SMARTS) is 1. The largest absolute Gasteiger partial charge is 0.544 e. The molecular formula is C41H69NO7. The minimum atomic E-state index is -1.14. The molecule has 8 heteroatoms. The van der Waals surface area contributed by atoms with Crippen LogP contribution in [0.3, 0.4) is 0 Å². The summed E-state index contributed by atoms with van der Waals surface area (Å²) >= 11 is 0. The first kappa shape index (κ1) is 46.0. The number of quaternary nitrogens is 1. The number of hydrogen-bond donors (Lipinski definition) is 0. The number of carbonyl (C=O) groups excluding carboxylic acids is 3. The van der Waals surface area contributed by atoms with Crippen LogP contribution in [0.2, 0.25) is 0 Å². The molecule has 49 heavy (non-hydrogen) atoms. The molecule has 280 valence electrons. The second-order valence-electron chi connectivity index (χ2n) is 13.5. The Morgan fingerprint density at radius 1 is 0.633 bits per heavy atom. The fourth-order valence-electron chi connectivity index (χ4n) is 5.01. The maximum absolute atomic E-state index is 12.6. The first-order chi connectivity index (χ1) is 23.6. The van der Waals surface area contributed by atoms with E-state index in [0.29, 0.717) is 12.8 Å². The fraction of sp³-hybridized carbons (Fsp3) is 0.683. The molecule has 0 bridgehead atoms. The normalized spacial score (nSPS) is 13.7. The third-order valence-electron chi connectivity index (χ3n) is 7.98. The van der Waals surface area contributed by atoms with Crippen LogP contribution in [0.5, 0.6) is 0 Å². The maximum Gasteiger partial charge on any atom is 0.306 e. The number of ether oxygens (including phenoxy) is 3. The summed E-state index contributed by atoms with van der Waals surface area (Å²) in [7, 11) is 5.37. The van der Waals surface area contributed by atoms with Gasteiger partial charge in [-0.2, -0.15) is 0 Å². The smallest absolute Gasteiger partial charge is 0.306 e. The van der Waals surface area contributed by atoms with Crippen molar-refractivity contribution in [3.63, 3.8) is 0 Å². The highest BCUT2D eigenvalue weighted by molar-refractivity contribution is 5.70. The topological polar surface area (TPSA) is 102 Å². The van der Waals surface area contributed by atoms with E-state index in [-0.39, 0.29) is 49.1 Å².